The molecule has 4 nitrogen and oxygen atoms in total. The zero-order valence-electron chi connectivity index (χ0n) is 7.87. The Labute approximate surface area is 86.7 Å². The molecule has 0 saturated heterocycles. The molecule has 0 amide bonds. The molecule has 0 atom stereocenters. The standard InChI is InChI=1S/C9H11ClN4/c1-6-4-12-9-8(10)7(2-3-11)13-14(9)5-6/h4-5H,2-3,11H2,1H3. The van der Waals surface area contributed by atoms with Crippen LogP contribution in [0.3, 0.4) is 0 Å². The van der Waals surface area contributed by atoms with Gasteiger partial charge < -0.3 is 5.73 Å². The van der Waals surface area contributed by atoms with Crippen LogP contribution in [0.25, 0.3) is 5.65 Å². The lowest BCUT2D eigenvalue weighted by Crippen LogP contribution is -2.03. The summed E-state index contributed by atoms with van der Waals surface area (Å²) < 4.78 is 1.70. The number of halogens is 1. The first kappa shape index (κ1) is 9.43. The van der Waals surface area contributed by atoms with Gasteiger partial charge in [0, 0.05) is 18.8 Å². The first-order valence-electron chi connectivity index (χ1n) is 4.42. The Hall–Kier alpha value is -1.13. The zero-order chi connectivity index (χ0) is 10.1. The Bertz CT molecular complexity index is 463. The van der Waals surface area contributed by atoms with Crippen LogP contribution in [0.5, 0.6) is 0 Å². The molecular formula is C9H11ClN4. The molecule has 2 aromatic heterocycles. The van der Waals surface area contributed by atoms with Crippen molar-refractivity contribution >= 4 is 17.2 Å². The van der Waals surface area contributed by atoms with E-state index in [4.69, 9.17) is 17.3 Å². The van der Waals surface area contributed by atoms with Crippen molar-refractivity contribution in [3.05, 3.63) is 28.7 Å². The summed E-state index contributed by atoms with van der Waals surface area (Å²) in [6.45, 7) is 2.51. The molecule has 0 spiro atoms. The maximum Gasteiger partial charge on any atom is 0.174 e. The molecule has 0 aromatic carbocycles. The van der Waals surface area contributed by atoms with Gasteiger partial charge in [0.15, 0.2) is 5.65 Å². The van der Waals surface area contributed by atoms with Crippen molar-refractivity contribution in [1.82, 2.24) is 14.6 Å². The van der Waals surface area contributed by atoms with Gasteiger partial charge in [-0.2, -0.15) is 5.10 Å². The van der Waals surface area contributed by atoms with E-state index in [-0.39, 0.29) is 0 Å². The highest BCUT2D eigenvalue weighted by Crippen LogP contribution is 2.20. The monoisotopic (exact) mass is 210 g/mol. The van der Waals surface area contributed by atoms with Crippen molar-refractivity contribution in [3.8, 4) is 0 Å². The molecule has 14 heavy (non-hydrogen) atoms. The summed E-state index contributed by atoms with van der Waals surface area (Å²) in [5.74, 6) is 0. The second kappa shape index (κ2) is 3.55. The Balaban J connectivity index is 2.61. The van der Waals surface area contributed by atoms with Crippen LogP contribution in [0.1, 0.15) is 11.3 Å². The van der Waals surface area contributed by atoms with E-state index in [9.17, 15) is 0 Å². The molecule has 0 bridgehead atoms. The van der Waals surface area contributed by atoms with Gasteiger partial charge in [-0.1, -0.05) is 11.6 Å². The Morgan fingerprint density at radius 2 is 2.36 bits per heavy atom. The van der Waals surface area contributed by atoms with Crippen LogP contribution in [0.4, 0.5) is 0 Å². The van der Waals surface area contributed by atoms with Crippen molar-refractivity contribution < 1.29 is 0 Å². The molecule has 2 N–H and O–H groups in total. The van der Waals surface area contributed by atoms with E-state index < -0.39 is 0 Å². The number of nitrogens with two attached hydrogens (primary N) is 1. The molecular weight excluding hydrogens is 200 g/mol. The average Bonchev–Trinajstić information content (AvgIpc) is 2.44. The van der Waals surface area contributed by atoms with Crippen LogP contribution in [0, 0.1) is 6.92 Å². The van der Waals surface area contributed by atoms with Crippen molar-refractivity contribution in [3.63, 3.8) is 0 Å². The lowest BCUT2D eigenvalue weighted by molar-refractivity contribution is 0.851. The van der Waals surface area contributed by atoms with Gasteiger partial charge in [-0.15, -0.1) is 0 Å². The smallest absolute Gasteiger partial charge is 0.174 e. The third-order valence-corrected chi connectivity index (χ3v) is 2.38. The van der Waals surface area contributed by atoms with Crippen LogP contribution >= 0.6 is 11.6 Å². The first-order valence-corrected chi connectivity index (χ1v) is 4.79. The molecule has 0 radical (unpaired) electrons. The minimum Gasteiger partial charge on any atom is -0.330 e. The lowest BCUT2D eigenvalue weighted by Gasteiger charge is -1.92. The molecule has 2 aromatic rings. The van der Waals surface area contributed by atoms with Crippen LogP contribution in [0.15, 0.2) is 12.4 Å². The summed E-state index contributed by atoms with van der Waals surface area (Å²) in [5, 5.41) is 4.91. The molecule has 0 fully saturated rings. The second-order valence-electron chi connectivity index (χ2n) is 3.20. The third kappa shape index (κ3) is 1.47. The predicted octanol–water partition coefficient (Wildman–Crippen LogP) is 1.19. The van der Waals surface area contributed by atoms with Crippen LogP contribution in [-0.4, -0.2) is 21.1 Å². The highest BCUT2D eigenvalue weighted by atomic mass is 35.5. The van der Waals surface area contributed by atoms with E-state index in [1.54, 1.807) is 10.7 Å². The Kier molecular flexibility index (Phi) is 2.39. The van der Waals surface area contributed by atoms with Gasteiger partial charge in [-0.05, 0) is 19.0 Å². The minimum absolute atomic E-state index is 0.544. The Morgan fingerprint density at radius 1 is 1.57 bits per heavy atom. The number of hydrogen-bond donors (Lipinski definition) is 1. The Morgan fingerprint density at radius 3 is 3.07 bits per heavy atom. The van der Waals surface area contributed by atoms with Gasteiger partial charge in [0.05, 0.1) is 5.69 Å². The van der Waals surface area contributed by atoms with E-state index in [0.717, 1.165) is 11.3 Å². The fourth-order valence-electron chi connectivity index (χ4n) is 1.34. The van der Waals surface area contributed by atoms with Crippen molar-refractivity contribution in [2.24, 2.45) is 5.73 Å². The molecule has 0 aliphatic carbocycles. The van der Waals surface area contributed by atoms with E-state index in [1.165, 1.54) is 0 Å². The van der Waals surface area contributed by atoms with Gasteiger partial charge >= 0.3 is 0 Å². The first-order chi connectivity index (χ1) is 6.72. The molecule has 2 heterocycles. The van der Waals surface area contributed by atoms with Gasteiger partial charge in [0.1, 0.15) is 5.02 Å². The molecule has 2 rings (SSSR count). The lowest BCUT2D eigenvalue weighted by atomic mass is 10.3. The molecule has 74 valence electrons. The van der Waals surface area contributed by atoms with E-state index in [0.29, 0.717) is 23.6 Å². The molecule has 5 heteroatoms. The number of aromatic nitrogens is 3. The highest BCUT2D eigenvalue weighted by Gasteiger charge is 2.10. The van der Waals surface area contributed by atoms with Crippen molar-refractivity contribution in [2.75, 3.05) is 6.54 Å². The topological polar surface area (TPSA) is 56.2 Å². The summed E-state index contributed by atoms with van der Waals surface area (Å²) in [7, 11) is 0. The van der Waals surface area contributed by atoms with E-state index in [1.807, 2.05) is 13.1 Å². The largest absolute Gasteiger partial charge is 0.330 e. The van der Waals surface area contributed by atoms with Crippen LogP contribution < -0.4 is 5.73 Å². The molecule has 0 saturated carbocycles. The summed E-state index contributed by atoms with van der Waals surface area (Å²) >= 11 is 6.09. The van der Waals surface area contributed by atoms with E-state index >= 15 is 0 Å². The maximum atomic E-state index is 6.09. The molecule has 0 aliphatic rings. The van der Waals surface area contributed by atoms with E-state index in [2.05, 4.69) is 10.1 Å². The van der Waals surface area contributed by atoms with Crippen LogP contribution in [-0.2, 0) is 6.42 Å². The second-order valence-corrected chi connectivity index (χ2v) is 3.58. The highest BCUT2D eigenvalue weighted by molar-refractivity contribution is 6.34. The third-order valence-electron chi connectivity index (χ3n) is 1.99. The summed E-state index contributed by atoms with van der Waals surface area (Å²) in [5.41, 5.74) is 8.01. The van der Waals surface area contributed by atoms with Gasteiger partial charge in [0.25, 0.3) is 0 Å². The van der Waals surface area contributed by atoms with Gasteiger partial charge in [-0.3, -0.25) is 0 Å². The quantitative estimate of drug-likeness (QED) is 0.810. The fourth-order valence-corrected chi connectivity index (χ4v) is 1.61. The average molecular weight is 211 g/mol. The van der Waals surface area contributed by atoms with Crippen molar-refractivity contribution in [1.29, 1.82) is 0 Å². The van der Waals surface area contributed by atoms with Crippen LogP contribution in [0.2, 0.25) is 5.02 Å². The molecule has 0 unspecified atom stereocenters. The van der Waals surface area contributed by atoms with Crippen molar-refractivity contribution in [2.45, 2.75) is 13.3 Å². The van der Waals surface area contributed by atoms with Gasteiger partial charge in [0.2, 0.25) is 0 Å². The minimum atomic E-state index is 0.544. The number of aryl methyl sites for hydroxylation is 1. The fraction of sp³-hybridized carbons (Fsp3) is 0.333. The number of nitrogens with zero attached hydrogens (tertiary/aromatic N) is 3. The summed E-state index contributed by atoms with van der Waals surface area (Å²) in [6.07, 6.45) is 4.35. The normalized spacial score (nSPS) is 11.1. The maximum absolute atomic E-state index is 6.09. The predicted molar refractivity (Wildman–Crippen MR) is 55.5 cm³/mol. The van der Waals surface area contributed by atoms with Gasteiger partial charge in [-0.25, -0.2) is 9.50 Å². The summed E-state index contributed by atoms with van der Waals surface area (Å²) in [4.78, 5) is 4.21. The number of fused-ring (bicyclic) bond motifs is 1. The summed E-state index contributed by atoms with van der Waals surface area (Å²) in [6, 6.07) is 0. The zero-order valence-corrected chi connectivity index (χ0v) is 8.62. The number of hydrogen-bond acceptors (Lipinski definition) is 3. The number of rotatable bonds is 2. The molecule has 0 aliphatic heterocycles. The SMILES string of the molecule is Cc1cnc2c(Cl)c(CCN)nn2c1.